The van der Waals surface area contributed by atoms with Crippen molar-refractivity contribution in [1.29, 1.82) is 0 Å². The fraction of sp³-hybridized carbons (Fsp3) is 0.267. The van der Waals surface area contributed by atoms with Crippen molar-refractivity contribution in [1.82, 2.24) is 0 Å². The van der Waals surface area contributed by atoms with Gasteiger partial charge in [0.25, 0.3) is 0 Å². The molecule has 3 heteroatoms. The van der Waals surface area contributed by atoms with Crippen LogP contribution in [0.3, 0.4) is 0 Å². The molecule has 0 aliphatic rings. The molecule has 0 heterocycles. The van der Waals surface area contributed by atoms with Crippen LogP contribution in [0.15, 0.2) is 42.5 Å². The van der Waals surface area contributed by atoms with E-state index in [0.717, 1.165) is 16.5 Å². The van der Waals surface area contributed by atoms with Crippen LogP contribution in [0.25, 0.3) is 10.8 Å². The molecule has 2 rings (SSSR count). The van der Waals surface area contributed by atoms with E-state index in [-0.39, 0.29) is 18.6 Å². The lowest BCUT2D eigenvalue weighted by Crippen LogP contribution is -2.20. The second kappa shape index (κ2) is 5.65. The van der Waals surface area contributed by atoms with Crippen molar-refractivity contribution in [2.45, 2.75) is 20.0 Å². The van der Waals surface area contributed by atoms with Gasteiger partial charge in [-0.1, -0.05) is 36.4 Å². The second-order valence-electron chi connectivity index (χ2n) is 4.43. The summed E-state index contributed by atoms with van der Waals surface area (Å²) in [6, 6.07) is 13.8. The predicted octanol–water partition coefficient (Wildman–Crippen LogP) is 3.20. The molecule has 1 N–H and O–H groups in total. The van der Waals surface area contributed by atoms with Crippen LogP contribution in [0.2, 0.25) is 0 Å². The van der Waals surface area contributed by atoms with Gasteiger partial charge in [0.05, 0.1) is 6.10 Å². The predicted molar refractivity (Wildman–Crippen MR) is 73.7 cm³/mol. The number of anilines is 1. The van der Waals surface area contributed by atoms with Crippen molar-refractivity contribution in [3.8, 4) is 0 Å². The summed E-state index contributed by atoms with van der Waals surface area (Å²) in [5, 5.41) is 5.03. The van der Waals surface area contributed by atoms with Crippen molar-refractivity contribution in [3.63, 3.8) is 0 Å². The van der Waals surface area contributed by atoms with Crippen LogP contribution in [-0.4, -0.2) is 18.6 Å². The van der Waals surface area contributed by atoms with Gasteiger partial charge in [-0.25, -0.2) is 0 Å². The number of fused-ring (bicyclic) bond motifs is 1. The summed E-state index contributed by atoms with van der Waals surface area (Å²) in [4.78, 5) is 11.7. The van der Waals surface area contributed by atoms with Crippen LogP contribution in [0.5, 0.6) is 0 Å². The zero-order valence-electron chi connectivity index (χ0n) is 10.6. The number of benzene rings is 2. The molecule has 1 amide bonds. The number of carbonyl (C=O) groups excluding carboxylic acids is 1. The Morgan fingerprint density at radius 1 is 1.17 bits per heavy atom. The summed E-state index contributed by atoms with van der Waals surface area (Å²) < 4.78 is 5.28. The Kier molecular flexibility index (Phi) is 3.95. The van der Waals surface area contributed by atoms with Gasteiger partial charge in [0, 0.05) is 11.1 Å². The molecule has 2 aromatic rings. The summed E-state index contributed by atoms with van der Waals surface area (Å²) in [5.41, 5.74) is 0.824. The lowest BCUT2D eigenvalue weighted by molar-refractivity contribution is -0.121. The van der Waals surface area contributed by atoms with E-state index >= 15 is 0 Å². The summed E-state index contributed by atoms with van der Waals surface area (Å²) >= 11 is 0. The first kappa shape index (κ1) is 12.6. The van der Waals surface area contributed by atoms with Crippen LogP contribution in [0.1, 0.15) is 13.8 Å². The maximum atomic E-state index is 11.7. The van der Waals surface area contributed by atoms with Crippen LogP contribution in [0.4, 0.5) is 5.69 Å². The highest BCUT2D eigenvalue weighted by Crippen LogP contribution is 2.22. The molecule has 2 aromatic carbocycles. The van der Waals surface area contributed by atoms with Gasteiger partial charge >= 0.3 is 0 Å². The van der Waals surface area contributed by atoms with Crippen molar-refractivity contribution in [3.05, 3.63) is 42.5 Å². The monoisotopic (exact) mass is 243 g/mol. The van der Waals surface area contributed by atoms with Crippen molar-refractivity contribution in [2.75, 3.05) is 11.9 Å². The Morgan fingerprint density at radius 2 is 1.89 bits per heavy atom. The van der Waals surface area contributed by atoms with Gasteiger partial charge in [0.15, 0.2) is 0 Å². The van der Waals surface area contributed by atoms with Crippen LogP contribution in [0, 0.1) is 0 Å². The third-order valence-corrected chi connectivity index (χ3v) is 2.61. The molecule has 18 heavy (non-hydrogen) atoms. The lowest BCUT2D eigenvalue weighted by atomic mass is 10.1. The maximum absolute atomic E-state index is 11.7. The summed E-state index contributed by atoms with van der Waals surface area (Å²) in [6.07, 6.45) is 0.0586. The number of ether oxygens (including phenoxy) is 1. The van der Waals surface area contributed by atoms with Gasteiger partial charge in [-0.3, -0.25) is 4.79 Å². The minimum absolute atomic E-state index is 0.0586. The van der Waals surface area contributed by atoms with Crippen molar-refractivity contribution in [2.24, 2.45) is 0 Å². The highest BCUT2D eigenvalue weighted by atomic mass is 16.5. The van der Waals surface area contributed by atoms with Crippen molar-refractivity contribution >= 4 is 22.4 Å². The molecule has 0 aliphatic heterocycles. The Labute approximate surface area is 107 Å². The third-order valence-electron chi connectivity index (χ3n) is 2.61. The maximum Gasteiger partial charge on any atom is 0.250 e. The third kappa shape index (κ3) is 3.08. The molecule has 0 radical (unpaired) electrons. The molecule has 0 aliphatic carbocycles. The number of rotatable bonds is 4. The van der Waals surface area contributed by atoms with Gasteiger partial charge in [0.1, 0.15) is 6.61 Å². The normalized spacial score (nSPS) is 10.8. The molecule has 0 fully saturated rings. The topological polar surface area (TPSA) is 38.3 Å². The molecule has 0 saturated heterocycles. The summed E-state index contributed by atoms with van der Waals surface area (Å²) in [6.45, 7) is 3.90. The molecule has 0 unspecified atom stereocenters. The Hall–Kier alpha value is -1.87. The first-order valence-electron chi connectivity index (χ1n) is 6.06. The summed E-state index contributed by atoms with van der Waals surface area (Å²) in [7, 11) is 0. The molecule has 0 bridgehead atoms. The van der Waals surface area contributed by atoms with E-state index in [1.807, 2.05) is 56.3 Å². The molecule has 3 nitrogen and oxygen atoms in total. The second-order valence-corrected chi connectivity index (χ2v) is 4.43. The number of nitrogens with one attached hydrogen (secondary N) is 1. The summed E-state index contributed by atoms with van der Waals surface area (Å²) in [5.74, 6) is -0.125. The van der Waals surface area contributed by atoms with Gasteiger partial charge in [0.2, 0.25) is 5.91 Å². The molecule has 94 valence electrons. The van der Waals surface area contributed by atoms with E-state index in [4.69, 9.17) is 4.74 Å². The SMILES string of the molecule is CC(C)OCC(=O)Nc1cccc2ccccc12. The molecular weight excluding hydrogens is 226 g/mol. The number of hydrogen-bond donors (Lipinski definition) is 1. The fourth-order valence-corrected chi connectivity index (χ4v) is 1.76. The minimum Gasteiger partial charge on any atom is -0.369 e. The molecule has 0 aromatic heterocycles. The van der Waals surface area contributed by atoms with Crippen LogP contribution < -0.4 is 5.32 Å². The Morgan fingerprint density at radius 3 is 2.67 bits per heavy atom. The van der Waals surface area contributed by atoms with E-state index in [1.54, 1.807) is 0 Å². The van der Waals surface area contributed by atoms with Gasteiger partial charge in [-0.2, -0.15) is 0 Å². The smallest absolute Gasteiger partial charge is 0.250 e. The van der Waals surface area contributed by atoms with E-state index in [9.17, 15) is 4.79 Å². The Balaban J connectivity index is 2.14. The van der Waals surface area contributed by atoms with Gasteiger partial charge < -0.3 is 10.1 Å². The Bertz CT molecular complexity index is 544. The average Bonchev–Trinajstić information content (AvgIpc) is 2.37. The highest BCUT2D eigenvalue weighted by Gasteiger charge is 2.06. The van der Waals surface area contributed by atoms with E-state index < -0.39 is 0 Å². The van der Waals surface area contributed by atoms with Gasteiger partial charge in [-0.15, -0.1) is 0 Å². The first-order valence-corrected chi connectivity index (χ1v) is 6.06. The quantitative estimate of drug-likeness (QED) is 0.895. The number of amides is 1. The van der Waals surface area contributed by atoms with E-state index in [2.05, 4.69) is 5.32 Å². The van der Waals surface area contributed by atoms with Crippen LogP contribution in [-0.2, 0) is 9.53 Å². The standard InChI is InChI=1S/C15H17NO2/c1-11(2)18-10-15(17)16-14-9-5-7-12-6-3-4-8-13(12)14/h3-9,11H,10H2,1-2H3,(H,16,17). The first-order chi connectivity index (χ1) is 8.66. The molecule has 0 spiro atoms. The van der Waals surface area contributed by atoms with E-state index in [0.29, 0.717) is 0 Å². The zero-order valence-corrected chi connectivity index (χ0v) is 10.6. The van der Waals surface area contributed by atoms with Crippen molar-refractivity contribution < 1.29 is 9.53 Å². The fourth-order valence-electron chi connectivity index (χ4n) is 1.76. The highest BCUT2D eigenvalue weighted by molar-refractivity contribution is 6.02. The lowest BCUT2D eigenvalue weighted by Gasteiger charge is -2.10. The molecule has 0 atom stereocenters. The zero-order chi connectivity index (χ0) is 13.0. The molecule has 0 saturated carbocycles. The number of hydrogen-bond acceptors (Lipinski definition) is 2. The molecular formula is C15H17NO2. The van der Waals surface area contributed by atoms with Gasteiger partial charge in [-0.05, 0) is 25.3 Å². The minimum atomic E-state index is -0.125. The average molecular weight is 243 g/mol. The van der Waals surface area contributed by atoms with Crippen LogP contribution >= 0.6 is 0 Å². The number of carbonyl (C=O) groups is 1. The van der Waals surface area contributed by atoms with E-state index in [1.165, 1.54) is 0 Å². The largest absolute Gasteiger partial charge is 0.369 e.